The molecule has 1 rings (SSSR count). The first-order valence-electron chi connectivity index (χ1n) is 6.82. The largest absolute Gasteiger partial charge is 0.348 e. The van der Waals surface area contributed by atoms with E-state index in [1.54, 1.807) is 0 Å². The molecule has 114 valence electrons. The number of carbonyl (C=O) groups is 2. The lowest BCUT2D eigenvalue weighted by molar-refractivity contribution is -0.128. The number of hydrogen-bond acceptors (Lipinski definition) is 4. The lowest BCUT2D eigenvalue weighted by Gasteiger charge is -2.18. The fourth-order valence-corrected chi connectivity index (χ4v) is 1.84. The highest BCUT2D eigenvalue weighted by atomic mass is 19.1. The van der Waals surface area contributed by atoms with E-state index in [4.69, 9.17) is 5.73 Å². The standard InChI is InChI=1S/C13H23FN4O2/c1-8(15)12(19)18-9(2)13(20)17-7-11(14)10-4-3-5-16-6-10/h8-9,16H,3-7,15H2,1-2H3,(H,17,20)(H,18,19)/t8-,9-/m0/s1. The molecule has 5 N–H and O–H groups in total. The molecule has 0 unspecified atom stereocenters. The quantitative estimate of drug-likeness (QED) is 0.551. The molecule has 0 saturated carbocycles. The Morgan fingerprint density at radius 3 is 2.65 bits per heavy atom. The van der Waals surface area contributed by atoms with Crippen LogP contribution in [0.3, 0.4) is 0 Å². The average Bonchev–Trinajstić information content (AvgIpc) is 2.44. The molecule has 1 fully saturated rings. The summed E-state index contributed by atoms with van der Waals surface area (Å²) in [6.07, 6.45) is 1.61. The van der Waals surface area contributed by atoms with Gasteiger partial charge in [-0.3, -0.25) is 9.59 Å². The third kappa shape index (κ3) is 5.26. The normalized spacial score (nSPS) is 20.8. The van der Waals surface area contributed by atoms with Crippen molar-refractivity contribution in [3.63, 3.8) is 0 Å². The molecule has 2 atom stereocenters. The van der Waals surface area contributed by atoms with Crippen LogP contribution >= 0.6 is 0 Å². The summed E-state index contributed by atoms with van der Waals surface area (Å²) in [5.74, 6) is -1.15. The number of rotatable bonds is 5. The van der Waals surface area contributed by atoms with Crippen molar-refractivity contribution in [3.05, 3.63) is 11.4 Å². The van der Waals surface area contributed by atoms with Crippen molar-refractivity contribution < 1.29 is 14.0 Å². The zero-order chi connectivity index (χ0) is 15.1. The molecule has 1 aliphatic heterocycles. The molecular weight excluding hydrogens is 263 g/mol. The maximum atomic E-state index is 13.8. The van der Waals surface area contributed by atoms with Gasteiger partial charge in [0.05, 0.1) is 12.6 Å². The summed E-state index contributed by atoms with van der Waals surface area (Å²) >= 11 is 0. The Kier molecular flexibility index (Phi) is 6.60. The molecule has 0 aromatic rings. The predicted molar refractivity (Wildman–Crippen MR) is 74.5 cm³/mol. The fraction of sp³-hybridized carbons (Fsp3) is 0.692. The Balaban J connectivity index is 2.40. The van der Waals surface area contributed by atoms with Gasteiger partial charge in [0.15, 0.2) is 0 Å². The third-order valence-corrected chi connectivity index (χ3v) is 3.14. The molecule has 0 bridgehead atoms. The smallest absolute Gasteiger partial charge is 0.242 e. The minimum absolute atomic E-state index is 0.145. The predicted octanol–water partition coefficient (Wildman–Crippen LogP) is -0.438. The Morgan fingerprint density at radius 1 is 1.40 bits per heavy atom. The summed E-state index contributed by atoms with van der Waals surface area (Å²) in [6, 6.07) is -1.42. The van der Waals surface area contributed by atoms with Crippen LogP contribution in [-0.4, -0.2) is 43.5 Å². The van der Waals surface area contributed by atoms with Crippen LogP contribution in [0.4, 0.5) is 4.39 Å². The average molecular weight is 286 g/mol. The molecule has 6 nitrogen and oxygen atoms in total. The first-order chi connectivity index (χ1) is 9.41. The van der Waals surface area contributed by atoms with E-state index in [-0.39, 0.29) is 12.4 Å². The van der Waals surface area contributed by atoms with E-state index in [1.165, 1.54) is 13.8 Å². The monoisotopic (exact) mass is 286 g/mol. The van der Waals surface area contributed by atoms with Crippen LogP contribution in [0.1, 0.15) is 26.7 Å². The molecule has 0 aliphatic carbocycles. The molecule has 1 aliphatic rings. The second-order valence-corrected chi connectivity index (χ2v) is 5.03. The third-order valence-electron chi connectivity index (χ3n) is 3.14. The van der Waals surface area contributed by atoms with Gasteiger partial charge < -0.3 is 21.7 Å². The van der Waals surface area contributed by atoms with E-state index in [9.17, 15) is 14.0 Å². The molecule has 7 heteroatoms. The van der Waals surface area contributed by atoms with Crippen molar-refractivity contribution in [2.45, 2.75) is 38.8 Å². The van der Waals surface area contributed by atoms with Gasteiger partial charge in [0.1, 0.15) is 11.9 Å². The zero-order valence-electron chi connectivity index (χ0n) is 12.0. The van der Waals surface area contributed by atoms with Gasteiger partial charge in [0.2, 0.25) is 11.8 Å². The van der Waals surface area contributed by atoms with Crippen LogP contribution in [0.25, 0.3) is 0 Å². The van der Waals surface area contributed by atoms with Crippen molar-refractivity contribution in [2.75, 3.05) is 19.6 Å². The number of hydrogen-bond donors (Lipinski definition) is 4. The highest BCUT2D eigenvalue weighted by Crippen LogP contribution is 2.14. The molecule has 1 saturated heterocycles. The molecular formula is C13H23FN4O2. The Morgan fingerprint density at radius 2 is 2.10 bits per heavy atom. The van der Waals surface area contributed by atoms with Crippen molar-refractivity contribution >= 4 is 11.8 Å². The maximum absolute atomic E-state index is 13.8. The summed E-state index contributed by atoms with van der Waals surface area (Å²) in [5.41, 5.74) is 6.08. The molecule has 0 spiro atoms. The first-order valence-corrected chi connectivity index (χ1v) is 6.82. The SMILES string of the molecule is C[C@H](N)C(=O)N[C@@H](C)C(=O)NCC(F)=C1CCCNC1. The van der Waals surface area contributed by atoms with Crippen LogP contribution in [0.5, 0.6) is 0 Å². The summed E-state index contributed by atoms with van der Waals surface area (Å²) in [6.45, 7) is 4.33. The van der Waals surface area contributed by atoms with Gasteiger partial charge in [-0.2, -0.15) is 0 Å². The summed E-state index contributed by atoms with van der Waals surface area (Å²) in [4.78, 5) is 23.1. The Bertz CT molecular complexity index is 388. The fourth-order valence-electron chi connectivity index (χ4n) is 1.84. The van der Waals surface area contributed by atoms with Crippen LogP contribution < -0.4 is 21.7 Å². The highest BCUT2D eigenvalue weighted by molar-refractivity contribution is 5.89. The minimum atomic E-state index is -0.740. The van der Waals surface area contributed by atoms with Gasteiger partial charge in [0.25, 0.3) is 0 Å². The zero-order valence-corrected chi connectivity index (χ0v) is 12.0. The van der Waals surface area contributed by atoms with E-state index in [0.717, 1.165) is 13.0 Å². The van der Waals surface area contributed by atoms with Crippen LogP contribution in [0.2, 0.25) is 0 Å². The van der Waals surface area contributed by atoms with E-state index in [0.29, 0.717) is 18.5 Å². The minimum Gasteiger partial charge on any atom is -0.348 e. The van der Waals surface area contributed by atoms with Gasteiger partial charge >= 0.3 is 0 Å². The summed E-state index contributed by atoms with van der Waals surface area (Å²) in [5, 5.41) is 8.01. The number of nitrogens with one attached hydrogen (secondary N) is 3. The van der Waals surface area contributed by atoms with Gasteiger partial charge in [-0.1, -0.05) is 0 Å². The van der Waals surface area contributed by atoms with E-state index < -0.39 is 23.9 Å². The van der Waals surface area contributed by atoms with E-state index in [1.807, 2.05) is 0 Å². The number of halogens is 1. The van der Waals surface area contributed by atoms with Crippen LogP contribution in [-0.2, 0) is 9.59 Å². The van der Waals surface area contributed by atoms with Crippen molar-refractivity contribution in [3.8, 4) is 0 Å². The van der Waals surface area contributed by atoms with Crippen molar-refractivity contribution in [1.29, 1.82) is 0 Å². The molecule has 1 heterocycles. The summed E-state index contributed by atoms with van der Waals surface area (Å²) in [7, 11) is 0. The second-order valence-electron chi connectivity index (χ2n) is 5.03. The summed E-state index contributed by atoms with van der Waals surface area (Å²) < 4.78 is 13.8. The number of piperidine rings is 1. The lowest BCUT2D eigenvalue weighted by atomic mass is 10.1. The highest BCUT2D eigenvalue weighted by Gasteiger charge is 2.18. The van der Waals surface area contributed by atoms with Gasteiger partial charge in [0, 0.05) is 6.54 Å². The molecule has 20 heavy (non-hydrogen) atoms. The van der Waals surface area contributed by atoms with E-state index in [2.05, 4.69) is 16.0 Å². The number of amides is 2. The molecule has 2 amide bonds. The van der Waals surface area contributed by atoms with Crippen LogP contribution in [0.15, 0.2) is 11.4 Å². The topological polar surface area (TPSA) is 96.2 Å². The first kappa shape index (κ1) is 16.6. The van der Waals surface area contributed by atoms with E-state index >= 15 is 0 Å². The second kappa shape index (κ2) is 7.96. The number of carbonyl (C=O) groups excluding carboxylic acids is 2. The van der Waals surface area contributed by atoms with Crippen molar-refractivity contribution in [2.24, 2.45) is 5.73 Å². The van der Waals surface area contributed by atoms with Crippen molar-refractivity contribution in [1.82, 2.24) is 16.0 Å². The molecule has 0 aromatic heterocycles. The Hall–Kier alpha value is -1.47. The lowest BCUT2D eigenvalue weighted by Crippen LogP contribution is -2.49. The maximum Gasteiger partial charge on any atom is 0.242 e. The number of nitrogens with two attached hydrogens (primary N) is 1. The van der Waals surface area contributed by atoms with Gasteiger partial charge in [-0.25, -0.2) is 4.39 Å². The van der Waals surface area contributed by atoms with Crippen LogP contribution in [0, 0.1) is 0 Å². The molecule has 0 aromatic carbocycles. The molecule has 0 radical (unpaired) electrons. The Labute approximate surface area is 118 Å². The van der Waals surface area contributed by atoms with Gasteiger partial charge in [-0.15, -0.1) is 0 Å². The van der Waals surface area contributed by atoms with Gasteiger partial charge in [-0.05, 0) is 38.8 Å².